The van der Waals surface area contributed by atoms with E-state index in [1.807, 2.05) is 26.2 Å². The lowest BCUT2D eigenvalue weighted by atomic mass is 10.1. The van der Waals surface area contributed by atoms with Gasteiger partial charge in [-0.1, -0.05) is 17.7 Å². The van der Waals surface area contributed by atoms with E-state index in [1.54, 1.807) is 6.07 Å². The molecule has 29 heavy (non-hydrogen) atoms. The minimum Gasteiger partial charge on any atom is -0.488 e. The van der Waals surface area contributed by atoms with Crippen LogP contribution < -0.4 is 10.1 Å². The van der Waals surface area contributed by atoms with Gasteiger partial charge in [-0.15, -0.1) is 11.3 Å². The molecule has 0 radical (unpaired) electrons. The number of nitrogens with one attached hydrogen (secondary N) is 1. The Morgan fingerprint density at radius 3 is 2.24 bits per heavy atom. The fourth-order valence-corrected chi connectivity index (χ4v) is 3.85. The average molecular weight is 419 g/mol. The maximum Gasteiger partial charge on any atom is 0.416 e. The summed E-state index contributed by atoms with van der Waals surface area (Å²) in [5.74, 6) is 0.460. The van der Waals surface area contributed by atoms with Crippen LogP contribution in [0.1, 0.15) is 37.5 Å². The zero-order valence-electron chi connectivity index (χ0n) is 16.2. The van der Waals surface area contributed by atoms with E-state index in [2.05, 4.69) is 17.4 Å². The first-order valence-corrected chi connectivity index (χ1v) is 9.78. The van der Waals surface area contributed by atoms with Crippen LogP contribution in [0.5, 0.6) is 5.75 Å². The molecule has 0 aliphatic heterocycles. The number of hydrogen-bond acceptors (Lipinski definition) is 3. The van der Waals surface area contributed by atoms with Crippen molar-refractivity contribution in [2.45, 2.75) is 33.6 Å². The summed E-state index contributed by atoms with van der Waals surface area (Å²) in [4.78, 5) is 12.8. The molecule has 0 spiro atoms. The number of carbonyl (C=O) groups excluding carboxylic acids is 1. The maximum atomic E-state index is 12.6. The minimum absolute atomic E-state index is 0.306. The van der Waals surface area contributed by atoms with E-state index in [-0.39, 0.29) is 5.91 Å². The summed E-state index contributed by atoms with van der Waals surface area (Å²) in [5.41, 5.74) is 3.68. The lowest BCUT2D eigenvalue weighted by Crippen LogP contribution is -2.11. The van der Waals surface area contributed by atoms with Crippen LogP contribution in [0.15, 0.2) is 47.8 Å². The highest BCUT2D eigenvalue weighted by Crippen LogP contribution is 2.30. The Bertz CT molecular complexity index is 1000. The Morgan fingerprint density at radius 2 is 1.66 bits per heavy atom. The molecule has 1 amide bonds. The molecule has 7 heteroatoms. The van der Waals surface area contributed by atoms with Gasteiger partial charge in [-0.2, -0.15) is 13.2 Å². The van der Waals surface area contributed by atoms with Gasteiger partial charge >= 0.3 is 6.18 Å². The van der Waals surface area contributed by atoms with Gasteiger partial charge in [0.25, 0.3) is 5.91 Å². The highest BCUT2D eigenvalue weighted by molar-refractivity contribution is 7.12. The molecule has 0 fully saturated rings. The van der Waals surface area contributed by atoms with Crippen LogP contribution >= 0.6 is 11.3 Å². The van der Waals surface area contributed by atoms with Crippen molar-refractivity contribution in [2.24, 2.45) is 0 Å². The number of thiophene rings is 1. The highest BCUT2D eigenvalue weighted by atomic mass is 32.1. The van der Waals surface area contributed by atoms with Gasteiger partial charge in [-0.05, 0) is 67.6 Å². The van der Waals surface area contributed by atoms with Crippen LogP contribution in [0, 0.1) is 20.8 Å². The lowest BCUT2D eigenvalue weighted by molar-refractivity contribution is -0.137. The topological polar surface area (TPSA) is 38.3 Å². The van der Waals surface area contributed by atoms with Crippen LogP contribution in [0.25, 0.3) is 0 Å². The lowest BCUT2D eigenvalue weighted by Gasteiger charge is -2.12. The normalized spacial score (nSPS) is 11.4. The minimum atomic E-state index is -4.40. The zero-order valence-corrected chi connectivity index (χ0v) is 17.0. The number of alkyl halides is 3. The van der Waals surface area contributed by atoms with Crippen molar-refractivity contribution in [2.75, 3.05) is 5.32 Å². The number of carbonyl (C=O) groups is 1. The van der Waals surface area contributed by atoms with Gasteiger partial charge < -0.3 is 10.1 Å². The van der Waals surface area contributed by atoms with Gasteiger partial charge in [0.15, 0.2) is 0 Å². The first-order chi connectivity index (χ1) is 13.6. The van der Waals surface area contributed by atoms with Gasteiger partial charge in [0.1, 0.15) is 12.4 Å². The van der Waals surface area contributed by atoms with E-state index >= 15 is 0 Å². The molecule has 0 aliphatic rings. The molecule has 0 saturated heterocycles. The molecule has 1 N–H and O–H groups in total. The Hall–Kier alpha value is -2.80. The van der Waals surface area contributed by atoms with Crippen molar-refractivity contribution in [3.8, 4) is 5.75 Å². The predicted octanol–water partition coefficient (Wildman–Crippen LogP) is 6.52. The number of ether oxygens (including phenoxy) is 1. The van der Waals surface area contributed by atoms with Crippen molar-refractivity contribution >= 4 is 22.9 Å². The third-order valence-electron chi connectivity index (χ3n) is 4.34. The summed E-state index contributed by atoms with van der Waals surface area (Å²) in [7, 11) is 0. The highest BCUT2D eigenvalue weighted by Gasteiger charge is 2.30. The molecule has 3 nitrogen and oxygen atoms in total. The van der Waals surface area contributed by atoms with Crippen LogP contribution in [-0.4, -0.2) is 5.91 Å². The standard InChI is InChI=1S/C22H20F3NO2S/c1-13-8-14(2)20(15(3)9-13)28-11-16-10-19(29-12-16)21(27)26-18-6-4-17(5-7-18)22(23,24)25/h4-10,12H,11H2,1-3H3,(H,26,27). The number of anilines is 1. The number of hydrogen-bond donors (Lipinski definition) is 1. The fourth-order valence-electron chi connectivity index (χ4n) is 3.06. The van der Waals surface area contributed by atoms with E-state index in [1.165, 1.54) is 29.0 Å². The van der Waals surface area contributed by atoms with Crippen molar-refractivity contribution in [1.82, 2.24) is 0 Å². The molecule has 1 heterocycles. The number of benzene rings is 2. The average Bonchev–Trinajstić information content (AvgIpc) is 3.09. The van der Waals surface area contributed by atoms with E-state index in [0.717, 1.165) is 34.6 Å². The van der Waals surface area contributed by atoms with E-state index in [4.69, 9.17) is 4.74 Å². The summed E-state index contributed by atoms with van der Waals surface area (Å²) >= 11 is 1.26. The van der Waals surface area contributed by atoms with E-state index in [0.29, 0.717) is 17.2 Å². The second kappa shape index (κ2) is 8.29. The Balaban J connectivity index is 1.63. The number of amides is 1. The van der Waals surface area contributed by atoms with Crippen molar-refractivity contribution in [1.29, 1.82) is 0 Å². The summed E-state index contributed by atoms with van der Waals surface area (Å²) in [6, 6.07) is 10.2. The predicted molar refractivity (Wildman–Crippen MR) is 109 cm³/mol. The van der Waals surface area contributed by atoms with Crippen LogP contribution in [0.3, 0.4) is 0 Å². The third kappa shape index (κ3) is 5.17. The maximum absolute atomic E-state index is 12.6. The van der Waals surface area contributed by atoms with Gasteiger partial charge in [-0.25, -0.2) is 0 Å². The Kier molecular flexibility index (Phi) is 5.98. The monoisotopic (exact) mass is 419 g/mol. The van der Waals surface area contributed by atoms with Crippen LogP contribution in [0.4, 0.5) is 18.9 Å². The molecule has 0 saturated carbocycles. The van der Waals surface area contributed by atoms with Crippen molar-refractivity contribution < 1.29 is 22.7 Å². The zero-order chi connectivity index (χ0) is 21.2. The molecule has 1 aromatic heterocycles. The SMILES string of the molecule is Cc1cc(C)c(OCc2csc(C(=O)Nc3ccc(C(F)(F)F)cc3)c2)c(C)c1. The molecule has 3 aromatic rings. The summed E-state index contributed by atoms with van der Waals surface area (Å²) < 4.78 is 43.8. The molecule has 2 aromatic carbocycles. The van der Waals surface area contributed by atoms with E-state index < -0.39 is 11.7 Å². The number of rotatable bonds is 5. The summed E-state index contributed by atoms with van der Waals surface area (Å²) in [5, 5.41) is 4.45. The van der Waals surface area contributed by atoms with Gasteiger partial charge in [0.2, 0.25) is 0 Å². The van der Waals surface area contributed by atoms with E-state index in [9.17, 15) is 18.0 Å². The summed E-state index contributed by atoms with van der Waals surface area (Å²) in [6.07, 6.45) is -4.40. The molecular formula is C22H20F3NO2S. The quantitative estimate of drug-likeness (QED) is 0.511. The smallest absolute Gasteiger partial charge is 0.416 e. The first-order valence-electron chi connectivity index (χ1n) is 8.90. The molecular weight excluding hydrogens is 399 g/mol. The first kappa shape index (κ1) is 20.9. The van der Waals surface area contributed by atoms with Gasteiger partial charge in [0, 0.05) is 11.3 Å². The van der Waals surface area contributed by atoms with Gasteiger partial charge in [0.05, 0.1) is 10.4 Å². The van der Waals surface area contributed by atoms with Crippen molar-refractivity contribution in [3.63, 3.8) is 0 Å². The fraction of sp³-hybridized carbons (Fsp3) is 0.227. The molecule has 0 atom stereocenters. The molecule has 0 bridgehead atoms. The molecule has 3 rings (SSSR count). The van der Waals surface area contributed by atoms with Gasteiger partial charge in [-0.3, -0.25) is 4.79 Å². The largest absolute Gasteiger partial charge is 0.488 e. The van der Waals surface area contributed by atoms with Crippen molar-refractivity contribution in [3.05, 3.63) is 80.5 Å². The summed E-state index contributed by atoms with van der Waals surface area (Å²) in [6.45, 7) is 6.34. The molecule has 0 unspecified atom stereocenters. The number of halogens is 3. The number of aryl methyl sites for hydroxylation is 3. The second-order valence-electron chi connectivity index (χ2n) is 6.86. The van der Waals surface area contributed by atoms with Crippen LogP contribution in [-0.2, 0) is 12.8 Å². The Labute approximate surface area is 171 Å². The molecule has 0 aliphatic carbocycles. The van der Waals surface area contributed by atoms with Crippen LogP contribution in [0.2, 0.25) is 0 Å². The second-order valence-corrected chi connectivity index (χ2v) is 7.78. The Morgan fingerprint density at radius 1 is 1.03 bits per heavy atom. The molecule has 152 valence electrons. The third-order valence-corrected chi connectivity index (χ3v) is 5.31.